The number of fused-ring (bicyclic) bond motifs is 5. The molecule has 2 nitrogen and oxygen atoms in total. The molecule has 53 heavy (non-hydrogen) atoms. The van der Waals surface area contributed by atoms with Gasteiger partial charge < -0.3 is 9.32 Å². The molecule has 0 bridgehead atoms. The van der Waals surface area contributed by atoms with E-state index >= 15 is 0 Å². The second-order valence-corrected chi connectivity index (χ2v) is 15.1. The van der Waals surface area contributed by atoms with Gasteiger partial charge in [-0.1, -0.05) is 154 Å². The summed E-state index contributed by atoms with van der Waals surface area (Å²) < 4.78 is 6.29. The number of nitrogens with zero attached hydrogens (tertiary/aromatic N) is 1. The molecule has 10 rings (SSSR count). The molecule has 2 aliphatic carbocycles. The van der Waals surface area contributed by atoms with E-state index in [9.17, 15) is 0 Å². The number of hydrogen-bond donors (Lipinski definition) is 0. The highest BCUT2D eigenvalue weighted by Gasteiger charge is 2.29. The lowest BCUT2D eigenvalue weighted by atomic mass is 9.80. The Kier molecular flexibility index (Phi) is 7.98. The lowest BCUT2D eigenvalue weighted by Gasteiger charge is -2.37. The summed E-state index contributed by atoms with van der Waals surface area (Å²) in [5.74, 6) is 0.866. The van der Waals surface area contributed by atoms with E-state index in [2.05, 4.69) is 164 Å². The van der Waals surface area contributed by atoms with Crippen molar-refractivity contribution < 1.29 is 4.42 Å². The summed E-state index contributed by atoms with van der Waals surface area (Å²) in [4.78, 5) is 2.61. The molecule has 2 aliphatic rings. The molecule has 1 heterocycles. The normalized spacial score (nSPS) is 16.7. The van der Waals surface area contributed by atoms with Gasteiger partial charge in [0, 0.05) is 38.9 Å². The third kappa shape index (κ3) is 5.47. The Morgan fingerprint density at radius 3 is 2.15 bits per heavy atom. The second kappa shape index (κ2) is 13.3. The van der Waals surface area contributed by atoms with Gasteiger partial charge in [-0.3, -0.25) is 0 Å². The highest BCUT2D eigenvalue weighted by molar-refractivity contribution is 6.08. The number of allylic oxidation sites excluding steroid dienone is 4. The fraction of sp³-hybridized carbons (Fsp3) is 0.176. The molecule has 1 aromatic heterocycles. The van der Waals surface area contributed by atoms with Gasteiger partial charge in [0.1, 0.15) is 11.2 Å². The average Bonchev–Trinajstić information content (AvgIpc) is 3.60. The Morgan fingerprint density at radius 2 is 1.25 bits per heavy atom. The smallest absolute Gasteiger partial charge is 0.135 e. The first kappa shape index (κ1) is 31.8. The van der Waals surface area contributed by atoms with Gasteiger partial charge in [0.05, 0.1) is 11.4 Å². The van der Waals surface area contributed by atoms with E-state index in [1.165, 1.54) is 98.5 Å². The predicted molar refractivity (Wildman–Crippen MR) is 225 cm³/mol. The highest BCUT2D eigenvalue weighted by atomic mass is 16.3. The van der Waals surface area contributed by atoms with E-state index in [1.807, 2.05) is 6.07 Å². The Labute approximate surface area is 311 Å². The summed E-state index contributed by atoms with van der Waals surface area (Å²) in [6.45, 7) is 2.39. The first-order valence-corrected chi connectivity index (χ1v) is 19.4. The molecule has 0 amide bonds. The summed E-state index contributed by atoms with van der Waals surface area (Å²) >= 11 is 0. The zero-order valence-corrected chi connectivity index (χ0v) is 30.3. The van der Waals surface area contributed by atoms with E-state index in [0.717, 1.165) is 28.4 Å². The summed E-state index contributed by atoms with van der Waals surface area (Å²) in [7, 11) is 0. The summed E-state index contributed by atoms with van der Waals surface area (Å²) in [5, 5.41) is 7.53. The first-order chi connectivity index (χ1) is 26.2. The molecule has 7 aromatic carbocycles. The van der Waals surface area contributed by atoms with E-state index < -0.39 is 0 Å². The summed E-state index contributed by atoms with van der Waals surface area (Å²) in [6, 6.07) is 53.8. The number of benzene rings is 7. The van der Waals surface area contributed by atoms with Crippen molar-refractivity contribution in [3.63, 3.8) is 0 Å². The first-order valence-electron chi connectivity index (χ1n) is 19.4. The largest absolute Gasteiger partial charge is 0.456 e. The van der Waals surface area contributed by atoms with Crippen LogP contribution in [-0.4, -0.2) is 0 Å². The van der Waals surface area contributed by atoms with Crippen LogP contribution in [0.3, 0.4) is 0 Å². The van der Waals surface area contributed by atoms with Gasteiger partial charge in [-0.25, -0.2) is 0 Å². The van der Waals surface area contributed by atoms with Crippen molar-refractivity contribution >= 4 is 60.4 Å². The molecule has 1 saturated carbocycles. The lowest BCUT2D eigenvalue weighted by Crippen LogP contribution is -2.25. The van der Waals surface area contributed by atoms with Crippen LogP contribution in [-0.2, 0) is 0 Å². The van der Waals surface area contributed by atoms with Crippen molar-refractivity contribution in [1.29, 1.82) is 0 Å². The minimum absolute atomic E-state index is 0.268. The Hall–Kier alpha value is -5.86. The van der Waals surface area contributed by atoms with Gasteiger partial charge >= 0.3 is 0 Å². The highest BCUT2D eigenvalue weighted by Crippen LogP contribution is 2.49. The van der Waals surface area contributed by atoms with Crippen molar-refractivity contribution in [3.8, 4) is 11.1 Å². The molecule has 0 radical (unpaired) electrons. The number of rotatable bonds is 6. The van der Waals surface area contributed by atoms with Gasteiger partial charge in [0.2, 0.25) is 0 Å². The fourth-order valence-corrected chi connectivity index (χ4v) is 9.37. The van der Waals surface area contributed by atoms with Gasteiger partial charge in [-0.15, -0.1) is 0 Å². The topological polar surface area (TPSA) is 16.4 Å². The molecule has 8 aromatic rings. The van der Waals surface area contributed by atoms with E-state index in [0.29, 0.717) is 5.92 Å². The Bertz CT molecular complexity index is 2710. The number of anilines is 2. The Morgan fingerprint density at radius 1 is 0.566 bits per heavy atom. The van der Waals surface area contributed by atoms with Crippen molar-refractivity contribution in [3.05, 3.63) is 175 Å². The maximum absolute atomic E-state index is 6.29. The van der Waals surface area contributed by atoms with Crippen LogP contribution >= 0.6 is 0 Å². The number of para-hydroxylation sites is 2. The fourth-order valence-electron chi connectivity index (χ4n) is 9.37. The molecule has 1 atom stereocenters. The molecular weight excluding hydrogens is 643 g/mol. The van der Waals surface area contributed by atoms with Crippen LogP contribution in [0.4, 0.5) is 11.4 Å². The maximum Gasteiger partial charge on any atom is 0.135 e. The zero-order chi connectivity index (χ0) is 35.3. The molecule has 2 heteroatoms. The lowest BCUT2D eigenvalue weighted by molar-refractivity contribution is 0.445. The van der Waals surface area contributed by atoms with Gasteiger partial charge in [0.25, 0.3) is 0 Å². The monoisotopic (exact) mass is 685 g/mol. The maximum atomic E-state index is 6.29. The second-order valence-electron chi connectivity index (χ2n) is 15.1. The van der Waals surface area contributed by atoms with Crippen LogP contribution in [0.2, 0.25) is 0 Å². The molecular formula is C51H43NO. The molecule has 0 aliphatic heterocycles. The quantitative estimate of drug-likeness (QED) is 0.173. The average molecular weight is 686 g/mol. The van der Waals surface area contributed by atoms with Crippen LogP contribution in [0, 0.1) is 5.92 Å². The van der Waals surface area contributed by atoms with Gasteiger partial charge in [-0.05, 0) is 88.4 Å². The third-order valence-electron chi connectivity index (χ3n) is 11.9. The summed E-state index contributed by atoms with van der Waals surface area (Å²) in [6.07, 6.45) is 12.2. The molecule has 0 saturated heterocycles. The molecule has 0 spiro atoms. The van der Waals surface area contributed by atoms with E-state index in [-0.39, 0.29) is 5.92 Å². The van der Waals surface area contributed by atoms with Crippen LogP contribution in [0.15, 0.2) is 168 Å². The minimum atomic E-state index is 0.268. The minimum Gasteiger partial charge on any atom is -0.456 e. The van der Waals surface area contributed by atoms with Gasteiger partial charge in [-0.2, -0.15) is 0 Å². The van der Waals surface area contributed by atoms with Crippen molar-refractivity contribution in [2.75, 3.05) is 4.90 Å². The Balaban J connectivity index is 1.26. The van der Waals surface area contributed by atoms with E-state index in [4.69, 9.17) is 4.42 Å². The summed E-state index contributed by atoms with van der Waals surface area (Å²) in [5.41, 5.74) is 12.1. The molecule has 0 N–H and O–H groups in total. The van der Waals surface area contributed by atoms with Crippen molar-refractivity contribution in [1.82, 2.24) is 0 Å². The standard InChI is InChI=1S/C51H43NO/c1-34-15-11-26-41(38-31-32-49-45(33-38)43-24-8-10-30-48(43)53-49)51(34)52(46-29-14-19-35-18-5-6-22-39(35)46)47-28-9-7-23-42(47)44-27-13-21-37-20-12-25-40(50(37)44)36-16-3-2-4-17-36/h5-14,18-34,36H,2-4,15-17H2,1H3. The molecule has 1 unspecified atom stereocenters. The number of furan rings is 1. The van der Waals surface area contributed by atoms with Crippen molar-refractivity contribution in [2.45, 2.75) is 51.4 Å². The van der Waals surface area contributed by atoms with E-state index in [1.54, 1.807) is 0 Å². The SMILES string of the molecule is CC1CC=CC(c2ccc3oc4ccccc4c3c2)=C1N(c1ccccc1-c1cccc2cccc(C3CCCCC3)c12)c1cccc2ccccc12. The van der Waals surface area contributed by atoms with Gasteiger partial charge in [0.15, 0.2) is 0 Å². The third-order valence-corrected chi connectivity index (χ3v) is 11.9. The van der Waals surface area contributed by atoms with Crippen LogP contribution < -0.4 is 4.90 Å². The molecule has 1 fully saturated rings. The van der Waals surface area contributed by atoms with Crippen LogP contribution in [0.5, 0.6) is 0 Å². The van der Waals surface area contributed by atoms with Crippen LogP contribution in [0.1, 0.15) is 62.5 Å². The number of hydrogen-bond acceptors (Lipinski definition) is 2. The molecule has 258 valence electrons. The van der Waals surface area contributed by atoms with Crippen molar-refractivity contribution in [2.24, 2.45) is 5.92 Å². The zero-order valence-electron chi connectivity index (χ0n) is 30.3. The van der Waals surface area contributed by atoms with Crippen LogP contribution in [0.25, 0.3) is 60.2 Å². The predicted octanol–water partition coefficient (Wildman–Crippen LogP) is 14.8.